The number of amides is 1. The van der Waals surface area contributed by atoms with E-state index in [4.69, 9.17) is 0 Å². The zero-order valence-electron chi connectivity index (χ0n) is 15.2. The number of carbonyl (C=O) groups excluding carboxylic acids is 1. The minimum Gasteiger partial charge on any atom is -0.339 e. The molecular formula is C19H23N3O3S2. The van der Waals surface area contributed by atoms with Crippen molar-refractivity contribution in [1.82, 2.24) is 9.88 Å². The van der Waals surface area contributed by atoms with Gasteiger partial charge in [-0.1, -0.05) is 12.8 Å². The van der Waals surface area contributed by atoms with Crippen LogP contribution in [0.3, 0.4) is 0 Å². The monoisotopic (exact) mass is 405 g/mol. The van der Waals surface area contributed by atoms with Crippen molar-refractivity contribution in [3.63, 3.8) is 0 Å². The third kappa shape index (κ3) is 4.81. The van der Waals surface area contributed by atoms with Crippen LogP contribution in [0.5, 0.6) is 0 Å². The molecule has 0 bridgehead atoms. The predicted molar refractivity (Wildman–Crippen MR) is 108 cm³/mol. The minimum atomic E-state index is -3.80. The highest BCUT2D eigenvalue weighted by molar-refractivity contribution is 7.98. The topological polar surface area (TPSA) is 79.4 Å². The Balaban J connectivity index is 1.91. The van der Waals surface area contributed by atoms with Crippen LogP contribution in [-0.2, 0) is 10.0 Å². The normalized spacial score (nSPS) is 15.2. The molecular weight excluding hydrogens is 382 g/mol. The zero-order chi connectivity index (χ0) is 19.3. The summed E-state index contributed by atoms with van der Waals surface area (Å²) in [5, 5.41) is 0. The fourth-order valence-electron chi connectivity index (χ4n) is 3.10. The van der Waals surface area contributed by atoms with Crippen molar-refractivity contribution < 1.29 is 13.2 Å². The van der Waals surface area contributed by atoms with Gasteiger partial charge < -0.3 is 4.90 Å². The van der Waals surface area contributed by atoms with E-state index in [9.17, 15) is 13.2 Å². The lowest BCUT2D eigenvalue weighted by Crippen LogP contribution is -2.32. The molecule has 1 aromatic carbocycles. The maximum Gasteiger partial charge on any atom is 0.261 e. The summed E-state index contributed by atoms with van der Waals surface area (Å²) in [6.07, 6.45) is 9.13. The largest absolute Gasteiger partial charge is 0.339 e. The SMILES string of the molecule is CSc1ccc(S(=O)(=O)Nc2cccnc2)cc1C(=O)N1CCCCCC1. The van der Waals surface area contributed by atoms with Gasteiger partial charge in [0.25, 0.3) is 15.9 Å². The first-order valence-corrected chi connectivity index (χ1v) is 11.6. The van der Waals surface area contributed by atoms with E-state index in [1.165, 1.54) is 30.1 Å². The third-order valence-corrected chi connectivity index (χ3v) is 6.69. The Bertz CT molecular complexity index is 894. The van der Waals surface area contributed by atoms with Crippen molar-refractivity contribution in [1.29, 1.82) is 0 Å². The molecule has 1 aromatic heterocycles. The molecule has 27 heavy (non-hydrogen) atoms. The van der Waals surface area contributed by atoms with Crippen molar-refractivity contribution >= 4 is 33.4 Å². The number of nitrogens with zero attached hydrogens (tertiary/aromatic N) is 2. The Labute approximate surface area is 164 Å². The van der Waals surface area contributed by atoms with Gasteiger partial charge in [0.1, 0.15) is 0 Å². The second kappa shape index (κ2) is 8.75. The van der Waals surface area contributed by atoms with Gasteiger partial charge in [0.15, 0.2) is 0 Å². The molecule has 6 nitrogen and oxygen atoms in total. The van der Waals surface area contributed by atoms with Crippen molar-refractivity contribution in [2.24, 2.45) is 0 Å². The number of sulfonamides is 1. The molecule has 0 radical (unpaired) electrons. The molecule has 0 aliphatic carbocycles. The average Bonchev–Trinajstić information content (AvgIpc) is 2.97. The lowest BCUT2D eigenvalue weighted by Gasteiger charge is -2.22. The Morgan fingerprint density at radius 1 is 1.15 bits per heavy atom. The van der Waals surface area contributed by atoms with Gasteiger partial charge in [-0.15, -0.1) is 11.8 Å². The summed E-state index contributed by atoms with van der Waals surface area (Å²) in [7, 11) is -3.80. The summed E-state index contributed by atoms with van der Waals surface area (Å²) in [5.74, 6) is -0.0975. The maximum atomic E-state index is 13.1. The van der Waals surface area contributed by atoms with E-state index in [1.807, 2.05) is 11.2 Å². The summed E-state index contributed by atoms with van der Waals surface area (Å²) in [6.45, 7) is 1.44. The molecule has 1 aliphatic rings. The van der Waals surface area contributed by atoms with Gasteiger partial charge in [0.2, 0.25) is 0 Å². The lowest BCUT2D eigenvalue weighted by atomic mass is 10.2. The Morgan fingerprint density at radius 2 is 1.89 bits per heavy atom. The van der Waals surface area contributed by atoms with Crippen LogP contribution in [0, 0.1) is 0 Å². The standard InChI is InChI=1S/C19H23N3O3S2/c1-26-18-9-8-16(27(24,25)21-15-7-6-10-20-14-15)13-17(18)19(23)22-11-4-2-3-5-12-22/h6-10,13-14,21H,2-5,11-12H2,1H3. The molecule has 1 amide bonds. The van der Waals surface area contributed by atoms with Gasteiger partial charge in [-0.3, -0.25) is 14.5 Å². The summed E-state index contributed by atoms with van der Waals surface area (Å²) in [5.41, 5.74) is 0.824. The van der Waals surface area contributed by atoms with Gasteiger partial charge in [-0.25, -0.2) is 8.42 Å². The second-order valence-corrected chi connectivity index (χ2v) is 8.95. The van der Waals surface area contributed by atoms with Gasteiger partial charge in [-0.05, 0) is 49.4 Å². The predicted octanol–water partition coefficient (Wildman–Crippen LogP) is 3.62. The Morgan fingerprint density at radius 3 is 2.52 bits per heavy atom. The van der Waals surface area contributed by atoms with Crippen LogP contribution in [0.2, 0.25) is 0 Å². The van der Waals surface area contributed by atoms with E-state index in [1.54, 1.807) is 24.4 Å². The van der Waals surface area contributed by atoms with Crippen LogP contribution in [0.15, 0.2) is 52.5 Å². The summed E-state index contributed by atoms with van der Waals surface area (Å²) in [4.78, 5) is 19.7. The molecule has 1 saturated heterocycles. The second-order valence-electron chi connectivity index (χ2n) is 6.42. The molecule has 1 aliphatic heterocycles. The Hall–Kier alpha value is -2.06. The molecule has 1 fully saturated rings. The van der Waals surface area contributed by atoms with Crippen LogP contribution in [0.1, 0.15) is 36.0 Å². The van der Waals surface area contributed by atoms with Crippen molar-refractivity contribution in [2.45, 2.75) is 35.5 Å². The van der Waals surface area contributed by atoms with Gasteiger partial charge in [-0.2, -0.15) is 0 Å². The number of pyridine rings is 1. The quantitative estimate of drug-likeness (QED) is 0.769. The summed E-state index contributed by atoms with van der Waals surface area (Å²) < 4.78 is 28.0. The molecule has 0 atom stereocenters. The van der Waals surface area contributed by atoms with E-state index < -0.39 is 10.0 Å². The van der Waals surface area contributed by atoms with Crippen LogP contribution >= 0.6 is 11.8 Å². The average molecular weight is 406 g/mol. The molecule has 8 heteroatoms. The first kappa shape index (κ1) is 19.7. The van der Waals surface area contributed by atoms with Crippen molar-refractivity contribution in [3.8, 4) is 0 Å². The number of anilines is 1. The first-order valence-electron chi connectivity index (χ1n) is 8.91. The Kier molecular flexibility index (Phi) is 6.38. The third-order valence-electron chi connectivity index (χ3n) is 4.52. The first-order chi connectivity index (χ1) is 13.0. The maximum absolute atomic E-state index is 13.1. The number of hydrogen-bond acceptors (Lipinski definition) is 5. The molecule has 2 heterocycles. The molecule has 2 aromatic rings. The van der Waals surface area contributed by atoms with Crippen LogP contribution in [0.25, 0.3) is 0 Å². The molecule has 144 valence electrons. The molecule has 0 saturated carbocycles. The highest BCUT2D eigenvalue weighted by Gasteiger charge is 2.23. The molecule has 0 spiro atoms. The molecule has 3 rings (SSSR count). The minimum absolute atomic E-state index is 0.0716. The van der Waals surface area contributed by atoms with E-state index >= 15 is 0 Å². The molecule has 1 N–H and O–H groups in total. The van der Waals surface area contributed by atoms with E-state index in [2.05, 4.69) is 9.71 Å². The van der Waals surface area contributed by atoms with Crippen LogP contribution in [0.4, 0.5) is 5.69 Å². The fourth-order valence-corrected chi connectivity index (χ4v) is 4.74. The number of benzene rings is 1. The summed E-state index contributed by atoms with van der Waals surface area (Å²) in [6, 6.07) is 8.00. The van der Waals surface area contributed by atoms with E-state index in [0.29, 0.717) is 11.3 Å². The van der Waals surface area contributed by atoms with E-state index in [-0.39, 0.29) is 10.8 Å². The number of carbonyl (C=O) groups is 1. The number of aromatic nitrogens is 1. The van der Waals surface area contributed by atoms with Gasteiger partial charge in [0, 0.05) is 24.2 Å². The van der Waals surface area contributed by atoms with Crippen LogP contribution < -0.4 is 4.72 Å². The van der Waals surface area contributed by atoms with Crippen molar-refractivity contribution in [3.05, 3.63) is 48.3 Å². The molecule has 0 unspecified atom stereocenters. The van der Waals surface area contributed by atoms with E-state index in [0.717, 1.165) is 43.7 Å². The number of thioether (sulfide) groups is 1. The zero-order valence-corrected chi connectivity index (χ0v) is 16.9. The van der Waals surface area contributed by atoms with Crippen LogP contribution in [-0.4, -0.2) is 43.6 Å². The highest BCUT2D eigenvalue weighted by atomic mass is 32.2. The fraction of sp³-hybridized carbons (Fsp3) is 0.368. The smallest absolute Gasteiger partial charge is 0.261 e. The number of nitrogens with one attached hydrogen (secondary N) is 1. The summed E-state index contributed by atoms with van der Waals surface area (Å²) >= 11 is 1.44. The number of rotatable bonds is 5. The highest BCUT2D eigenvalue weighted by Crippen LogP contribution is 2.27. The number of likely N-dealkylation sites (tertiary alicyclic amines) is 1. The lowest BCUT2D eigenvalue weighted by molar-refractivity contribution is 0.0758. The van der Waals surface area contributed by atoms with Gasteiger partial charge in [0.05, 0.1) is 22.3 Å². The van der Waals surface area contributed by atoms with Gasteiger partial charge >= 0.3 is 0 Å². The van der Waals surface area contributed by atoms with Crippen molar-refractivity contribution in [2.75, 3.05) is 24.1 Å². The number of hydrogen-bond donors (Lipinski definition) is 1.